The van der Waals surface area contributed by atoms with Crippen molar-refractivity contribution in [1.29, 1.82) is 0 Å². The van der Waals surface area contributed by atoms with Gasteiger partial charge in [-0.2, -0.15) is 4.74 Å². The number of hydrogen-bond acceptors (Lipinski definition) is 24. The van der Waals surface area contributed by atoms with Crippen LogP contribution in [-0.4, -0.2) is 177 Å². The SMILES string of the molecule is CCCCCCCCCCCCCCCCCNC(=O)OCC(C)(COC(=O)NCCCCCCCCCCCCCCCCC)/[N+]([O-])=C/c1ccc(CNC(=O)C(OC(C)=O)[C@@H](OC(C)=O)[C@H](O[C@@H]2OC(COC(C)=O)[C@H](OC(C)=O)[C@H](OC(C)=O)C2OC(C)=O)C(COC(C)=O)OC(C)=O)cc1. The minimum Gasteiger partial charge on any atom is -0.623 e. The van der Waals surface area contributed by atoms with Crippen LogP contribution in [-0.2, 0) is 107 Å². The van der Waals surface area contributed by atoms with Crippen LogP contribution in [0.25, 0.3) is 0 Å². The molecule has 28 heteroatoms. The Morgan fingerprint density at radius 1 is 0.462 bits per heavy atom. The number of hydrogen-bond donors (Lipinski definition) is 3. The van der Waals surface area contributed by atoms with E-state index in [1.165, 1.54) is 179 Å². The van der Waals surface area contributed by atoms with Crippen molar-refractivity contribution in [3.8, 4) is 0 Å². The van der Waals surface area contributed by atoms with Crippen LogP contribution in [0.15, 0.2) is 24.3 Å². The number of nitrogens with zero attached hydrogens (tertiary/aromatic N) is 1. The lowest BCUT2D eigenvalue weighted by molar-refractivity contribution is -0.547. The third-order valence-electron chi connectivity index (χ3n) is 17.2. The molecule has 104 heavy (non-hydrogen) atoms. The summed E-state index contributed by atoms with van der Waals surface area (Å²) in [5, 5.41) is 22.4. The maximum absolute atomic E-state index is 14.6. The van der Waals surface area contributed by atoms with Crippen LogP contribution in [0.4, 0.5) is 9.59 Å². The standard InChI is InChI=1S/C76H124N4O24/c1-12-14-16-18-20-22-24-26-28-30-32-34-36-38-40-46-77-74(90)95-52-76(11,53-96-75(91)78-47-41-39-37-35-33-31-29-27-25-23-21-19-17-15-13-2)80(92)49-63-44-42-62(43-45-63)48-79-72(89)70(101-60(9)87)68(99-58(7)85)67(64(97-56(5)83)50-93-54(3)81)104-73-71(102-61(10)88)69(100-59(8)86)66(98-57(6)84)65(103-73)51-94-55(4)82/h42-45,49,64-71,73H,12-41,46-48,50-53H2,1-11H3,(H,77,90)(H,78,91)(H,79,89)/b80-49-/t64?,65?,66-,67+,68-,69-,70?,71?,73-/m0/s1. The van der Waals surface area contributed by atoms with E-state index >= 15 is 0 Å². The van der Waals surface area contributed by atoms with E-state index in [2.05, 4.69) is 29.8 Å². The molecule has 1 saturated heterocycles. The molecule has 1 aliphatic rings. The van der Waals surface area contributed by atoms with Gasteiger partial charge in [-0.3, -0.25) is 43.2 Å². The summed E-state index contributed by atoms with van der Waals surface area (Å²) in [6.07, 6.45) is 17.9. The molecule has 0 aliphatic carbocycles. The quantitative estimate of drug-likeness (QED) is 0.0104. The highest BCUT2D eigenvalue weighted by Gasteiger charge is 2.56. The van der Waals surface area contributed by atoms with Crippen molar-refractivity contribution in [3.05, 3.63) is 40.6 Å². The lowest BCUT2D eigenvalue weighted by Crippen LogP contribution is -2.65. The number of alkyl carbamates (subject to hydrolysis) is 2. The second-order valence-electron chi connectivity index (χ2n) is 27.0. The molecule has 2 rings (SSSR count). The zero-order chi connectivity index (χ0) is 77.1. The minimum atomic E-state index is -2.25. The van der Waals surface area contributed by atoms with Gasteiger partial charge in [0, 0.05) is 87.5 Å². The number of rotatable bonds is 56. The molecule has 1 aromatic carbocycles. The van der Waals surface area contributed by atoms with Crippen LogP contribution in [0.3, 0.4) is 0 Å². The molecule has 3 amide bonds. The number of ether oxygens (including phenoxy) is 12. The largest absolute Gasteiger partial charge is 0.623 e. The van der Waals surface area contributed by atoms with Crippen LogP contribution in [0.1, 0.15) is 280 Å². The monoisotopic (exact) mass is 1480 g/mol. The van der Waals surface area contributed by atoms with E-state index < -0.39 is 153 Å². The molecule has 0 radical (unpaired) electrons. The number of benzene rings is 1. The van der Waals surface area contributed by atoms with Gasteiger partial charge in [0.2, 0.25) is 11.6 Å². The van der Waals surface area contributed by atoms with E-state index in [1.54, 1.807) is 0 Å². The van der Waals surface area contributed by atoms with Gasteiger partial charge in [-0.25, -0.2) is 9.59 Å². The van der Waals surface area contributed by atoms with Crippen LogP contribution < -0.4 is 16.0 Å². The number of nitrogens with one attached hydrogen (secondary N) is 3. The summed E-state index contributed by atoms with van der Waals surface area (Å²) in [7, 11) is 0. The van der Waals surface area contributed by atoms with E-state index in [1.807, 2.05) is 0 Å². The summed E-state index contributed by atoms with van der Waals surface area (Å²) < 4.78 is 68.0. The summed E-state index contributed by atoms with van der Waals surface area (Å²) >= 11 is 0. The molecule has 0 spiro atoms. The van der Waals surface area contributed by atoms with Gasteiger partial charge in [0.25, 0.3) is 5.91 Å². The van der Waals surface area contributed by atoms with E-state index in [4.69, 9.17) is 56.8 Å². The lowest BCUT2D eigenvalue weighted by atomic mass is 9.97. The van der Waals surface area contributed by atoms with E-state index in [0.717, 1.165) is 107 Å². The first kappa shape index (κ1) is 92.5. The van der Waals surface area contributed by atoms with Crippen molar-refractivity contribution >= 4 is 72.1 Å². The molecule has 1 aliphatic heterocycles. The number of esters is 8. The van der Waals surface area contributed by atoms with Gasteiger partial charge in [-0.05, 0) is 30.5 Å². The predicted octanol–water partition coefficient (Wildman–Crippen LogP) is 12.0. The first-order valence-electron chi connectivity index (χ1n) is 37.8. The fourth-order valence-corrected chi connectivity index (χ4v) is 11.8. The van der Waals surface area contributed by atoms with E-state index in [-0.39, 0.29) is 6.54 Å². The van der Waals surface area contributed by atoms with Gasteiger partial charge >= 0.3 is 59.9 Å². The highest BCUT2D eigenvalue weighted by molar-refractivity contribution is 5.85. The lowest BCUT2D eigenvalue weighted by Gasteiger charge is -2.46. The Bertz CT molecular complexity index is 2680. The van der Waals surface area contributed by atoms with Crippen molar-refractivity contribution in [1.82, 2.24) is 16.0 Å². The fourth-order valence-electron chi connectivity index (χ4n) is 11.8. The van der Waals surface area contributed by atoms with E-state index in [9.17, 15) is 57.9 Å². The maximum Gasteiger partial charge on any atom is 0.407 e. The summed E-state index contributed by atoms with van der Waals surface area (Å²) in [5.41, 5.74) is -0.951. The van der Waals surface area contributed by atoms with Gasteiger partial charge in [0.1, 0.15) is 25.4 Å². The molecule has 0 bridgehead atoms. The Balaban J connectivity index is 2.41. The number of carbonyl (C=O) groups excluding carboxylic acids is 11. The van der Waals surface area contributed by atoms with Crippen LogP contribution in [0, 0.1) is 5.21 Å². The third kappa shape index (κ3) is 42.4. The Morgan fingerprint density at radius 2 is 0.856 bits per heavy atom. The number of carbonyl (C=O) groups is 11. The molecule has 1 aromatic rings. The van der Waals surface area contributed by atoms with Gasteiger partial charge < -0.3 is 78.0 Å². The van der Waals surface area contributed by atoms with Crippen LogP contribution in [0.5, 0.6) is 0 Å². The Morgan fingerprint density at radius 3 is 1.25 bits per heavy atom. The summed E-state index contributed by atoms with van der Waals surface area (Å²) in [5.74, 6) is -9.34. The molecule has 9 atom stereocenters. The van der Waals surface area contributed by atoms with Crippen molar-refractivity contribution in [2.45, 2.75) is 336 Å². The van der Waals surface area contributed by atoms with Crippen molar-refractivity contribution < 1.29 is 114 Å². The average Bonchev–Trinajstić information content (AvgIpc) is 0.776. The molecular formula is C76H124N4O24. The first-order chi connectivity index (χ1) is 49.7. The fraction of sp³-hybridized carbons (Fsp3) is 0.763. The maximum atomic E-state index is 14.6. The number of amides is 3. The van der Waals surface area contributed by atoms with Gasteiger partial charge in [-0.15, -0.1) is 0 Å². The zero-order valence-electron chi connectivity index (χ0n) is 64.0. The summed E-state index contributed by atoms with van der Waals surface area (Å²) in [4.78, 5) is 142. The van der Waals surface area contributed by atoms with Crippen molar-refractivity contribution in [3.63, 3.8) is 0 Å². The molecule has 0 aromatic heterocycles. The number of unbranched alkanes of at least 4 members (excludes halogenated alkanes) is 28. The second-order valence-corrected chi connectivity index (χ2v) is 27.0. The van der Waals surface area contributed by atoms with Crippen LogP contribution in [0.2, 0.25) is 0 Å². The topological polar surface area (TPSA) is 361 Å². The van der Waals surface area contributed by atoms with Crippen molar-refractivity contribution in [2.75, 3.05) is 39.5 Å². The molecule has 28 nitrogen and oxygen atoms in total. The highest BCUT2D eigenvalue weighted by Crippen LogP contribution is 2.33. The smallest absolute Gasteiger partial charge is 0.407 e. The first-order valence-corrected chi connectivity index (χ1v) is 37.8. The van der Waals surface area contributed by atoms with E-state index in [0.29, 0.717) is 29.0 Å². The zero-order valence-corrected chi connectivity index (χ0v) is 64.0. The molecule has 0 saturated carbocycles. The normalized spacial score (nSPS) is 17.0. The highest BCUT2D eigenvalue weighted by atomic mass is 16.8. The average molecular weight is 1480 g/mol. The Hall–Kier alpha value is -7.62. The molecule has 1 fully saturated rings. The molecule has 1 heterocycles. The minimum absolute atomic E-state index is 0.315. The molecule has 592 valence electrons. The molecular weight excluding hydrogens is 1350 g/mol. The Labute approximate surface area is 616 Å². The third-order valence-corrected chi connectivity index (χ3v) is 17.2. The summed E-state index contributed by atoms with van der Waals surface area (Å²) in [6.45, 7) is 11.4. The van der Waals surface area contributed by atoms with Gasteiger partial charge in [-0.1, -0.05) is 206 Å². The predicted molar refractivity (Wildman–Crippen MR) is 384 cm³/mol. The second kappa shape index (κ2) is 54.9. The van der Waals surface area contributed by atoms with Gasteiger partial charge in [0.05, 0.1) is 0 Å². The van der Waals surface area contributed by atoms with Crippen molar-refractivity contribution in [2.24, 2.45) is 0 Å². The van der Waals surface area contributed by atoms with Crippen LogP contribution >= 0.6 is 0 Å². The molecule has 3 N–H and O–H groups in total. The van der Waals surface area contributed by atoms with Gasteiger partial charge in [0.15, 0.2) is 56.2 Å². The Kier molecular flexibility index (Phi) is 48.8. The summed E-state index contributed by atoms with van der Waals surface area (Å²) in [6, 6.07) is 6.09. The number of hydroxylamine groups is 1. The molecule has 4 unspecified atom stereocenters.